The number of oxime groups is 1. The van der Waals surface area contributed by atoms with Crippen LogP contribution in [0.15, 0.2) is 5.16 Å². The second kappa shape index (κ2) is 5.23. The summed E-state index contributed by atoms with van der Waals surface area (Å²) in [7, 11) is 0. The van der Waals surface area contributed by atoms with Crippen molar-refractivity contribution < 1.29 is 10.0 Å². The van der Waals surface area contributed by atoms with Gasteiger partial charge in [0, 0.05) is 23.6 Å². The van der Waals surface area contributed by atoms with Gasteiger partial charge >= 0.3 is 0 Å². The van der Waals surface area contributed by atoms with E-state index in [2.05, 4.69) is 25.9 Å². The lowest BCUT2D eigenvalue weighted by Crippen LogP contribution is -2.60. The van der Waals surface area contributed by atoms with E-state index in [-0.39, 0.29) is 11.7 Å². The predicted molar refractivity (Wildman–Crippen MR) is 77.3 cm³/mol. The molecule has 1 amide bonds. The van der Waals surface area contributed by atoms with Gasteiger partial charge in [0.25, 0.3) is 0 Å². The van der Waals surface area contributed by atoms with Gasteiger partial charge in [0.05, 0.1) is 0 Å². The molecule has 1 saturated carbocycles. The van der Waals surface area contributed by atoms with E-state index >= 15 is 0 Å². The first-order valence-electron chi connectivity index (χ1n) is 6.82. The molecule has 0 radical (unpaired) electrons. The summed E-state index contributed by atoms with van der Waals surface area (Å²) in [5, 5.41) is 13.0. The molecule has 2 rings (SSSR count). The molecule has 19 heavy (non-hydrogen) atoms. The van der Waals surface area contributed by atoms with Crippen LogP contribution in [0.3, 0.4) is 0 Å². The van der Waals surface area contributed by atoms with E-state index in [1.807, 2.05) is 16.7 Å². The molecule has 2 fully saturated rings. The molecule has 1 saturated heterocycles. The maximum Gasteiger partial charge on any atom is 0.236 e. The van der Waals surface area contributed by atoms with Crippen LogP contribution in [0, 0.1) is 11.3 Å². The molecule has 1 heterocycles. The van der Waals surface area contributed by atoms with E-state index in [1.54, 1.807) is 0 Å². The number of nitrogens with zero attached hydrogens (tertiary/aromatic N) is 2. The Morgan fingerprint density at radius 2 is 1.84 bits per heavy atom. The Bertz CT molecular complexity index is 383. The third-order valence-corrected chi connectivity index (χ3v) is 5.34. The van der Waals surface area contributed by atoms with Gasteiger partial charge in [-0.3, -0.25) is 4.79 Å². The number of nitrogens with two attached hydrogens (primary N) is 1. The van der Waals surface area contributed by atoms with Gasteiger partial charge in [-0.1, -0.05) is 25.9 Å². The number of amidine groups is 1. The van der Waals surface area contributed by atoms with E-state index < -0.39 is 5.41 Å². The molecular formula is C13H23N3O2S. The number of rotatable bonds is 2. The van der Waals surface area contributed by atoms with Gasteiger partial charge < -0.3 is 15.8 Å². The maximum atomic E-state index is 12.8. The van der Waals surface area contributed by atoms with Crippen LogP contribution in [0.1, 0.15) is 33.6 Å². The summed E-state index contributed by atoms with van der Waals surface area (Å²) in [5.41, 5.74) is 5.05. The zero-order chi connectivity index (χ0) is 14.2. The van der Waals surface area contributed by atoms with Gasteiger partial charge in [0.2, 0.25) is 5.91 Å². The first-order valence-corrected chi connectivity index (χ1v) is 7.76. The summed E-state index contributed by atoms with van der Waals surface area (Å²) >= 11 is 1.91. The predicted octanol–water partition coefficient (Wildman–Crippen LogP) is 1.50. The van der Waals surface area contributed by atoms with Crippen molar-refractivity contribution in [1.82, 2.24) is 4.90 Å². The minimum Gasteiger partial charge on any atom is -0.409 e. The van der Waals surface area contributed by atoms with Crippen molar-refractivity contribution in [1.29, 1.82) is 0 Å². The van der Waals surface area contributed by atoms with E-state index in [4.69, 9.17) is 10.9 Å². The smallest absolute Gasteiger partial charge is 0.236 e. The Morgan fingerprint density at radius 1 is 1.32 bits per heavy atom. The van der Waals surface area contributed by atoms with Gasteiger partial charge in [-0.15, -0.1) is 0 Å². The molecule has 1 aliphatic heterocycles. The van der Waals surface area contributed by atoms with E-state index in [9.17, 15) is 4.79 Å². The van der Waals surface area contributed by atoms with Crippen LogP contribution in [-0.4, -0.2) is 45.4 Å². The molecule has 0 aromatic heterocycles. The Hall–Kier alpha value is -0.910. The molecule has 0 spiro atoms. The van der Waals surface area contributed by atoms with Crippen molar-refractivity contribution in [3.8, 4) is 0 Å². The largest absolute Gasteiger partial charge is 0.409 e. The quantitative estimate of drug-likeness (QED) is 0.349. The summed E-state index contributed by atoms with van der Waals surface area (Å²) in [4.78, 5) is 14.7. The fraction of sp³-hybridized carbons (Fsp3) is 0.846. The summed E-state index contributed by atoms with van der Waals surface area (Å²) in [6.07, 6.45) is 1.38. The lowest BCUT2D eigenvalue weighted by atomic mass is 9.61. The number of thioether (sulfide) groups is 1. The van der Waals surface area contributed by atoms with Crippen LogP contribution >= 0.6 is 11.8 Å². The van der Waals surface area contributed by atoms with Crippen molar-refractivity contribution in [2.75, 3.05) is 13.1 Å². The van der Waals surface area contributed by atoms with Gasteiger partial charge in [-0.25, -0.2) is 0 Å². The van der Waals surface area contributed by atoms with Crippen molar-refractivity contribution in [3.63, 3.8) is 0 Å². The van der Waals surface area contributed by atoms with Gasteiger partial charge in [0.1, 0.15) is 5.41 Å². The first-order chi connectivity index (χ1) is 8.89. The van der Waals surface area contributed by atoms with Crippen molar-refractivity contribution in [3.05, 3.63) is 0 Å². The third-order valence-electron chi connectivity index (χ3n) is 4.11. The zero-order valence-corrected chi connectivity index (χ0v) is 12.6. The lowest BCUT2D eigenvalue weighted by molar-refractivity contribution is -0.144. The normalized spacial score (nSPS) is 39.8. The topological polar surface area (TPSA) is 78.9 Å². The van der Waals surface area contributed by atoms with Crippen LogP contribution < -0.4 is 5.73 Å². The number of hydrogen-bond acceptors (Lipinski definition) is 4. The third kappa shape index (κ3) is 2.55. The van der Waals surface area contributed by atoms with Crippen LogP contribution in [0.5, 0.6) is 0 Å². The van der Waals surface area contributed by atoms with E-state index in [0.29, 0.717) is 29.3 Å². The molecule has 2 aliphatic rings. The van der Waals surface area contributed by atoms with E-state index in [1.165, 1.54) is 0 Å². The number of carbonyl (C=O) groups is 1. The van der Waals surface area contributed by atoms with Gasteiger partial charge in [-0.05, 0) is 18.8 Å². The van der Waals surface area contributed by atoms with Crippen LogP contribution in [0.2, 0.25) is 0 Å². The number of amides is 1. The minimum atomic E-state index is -0.754. The lowest BCUT2D eigenvalue weighted by Gasteiger charge is -2.48. The summed E-state index contributed by atoms with van der Waals surface area (Å²) in [6, 6.07) is 0. The highest BCUT2D eigenvalue weighted by Gasteiger charge is 2.54. The minimum absolute atomic E-state index is 0.0416. The fourth-order valence-corrected chi connectivity index (χ4v) is 4.69. The molecule has 2 unspecified atom stereocenters. The van der Waals surface area contributed by atoms with Crippen molar-refractivity contribution in [2.45, 2.75) is 44.1 Å². The van der Waals surface area contributed by atoms with Crippen LogP contribution in [0.4, 0.5) is 0 Å². The standard InChI is InChI=1S/C13H23N3O2S/c1-8-4-13(5-8,11(14)15-18)12(17)16-6-9(2)19-10(3)7-16/h8-10,18H,4-7H2,1-3H3,(H2,14,15). The second-order valence-corrected chi connectivity index (χ2v) is 7.93. The molecule has 3 N–H and O–H groups in total. The molecule has 0 aromatic carbocycles. The molecule has 1 aliphatic carbocycles. The van der Waals surface area contributed by atoms with Gasteiger partial charge in [0.15, 0.2) is 5.84 Å². The van der Waals surface area contributed by atoms with Gasteiger partial charge in [-0.2, -0.15) is 11.8 Å². The average Bonchev–Trinajstić information content (AvgIpc) is 2.31. The molecule has 5 nitrogen and oxygen atoms in total. The fourth-order valence-electron chi connectivity index (χ4n) is 3.37. The SMILES string of the molecule is CC1CC(C(=O)N2CC(C)SC(C)C2)(C(N)=NO)C1. The van der Waals surface area contributed by atoms with Crippen LogP contribution in [-0.2, 0) is 4.79 Å². The first kappa shape index (κ1) is 14.5. The van der Waals surface area contributed by atoms with Crippen molar-refractivity contribution in [2.24, 2.45) is 22.2 Å². The van der Waals surface area contributed by atoms with E-state index in [0.717, 1.165) is 13.1 Å². The Labute approximate surface area is 118 Å². The monoisotopic (exact) mass is 285 g/mol. The Morgan fingerprint density at radius 3 is 2.26 bits per heavy atom. The zero-order valence-electron chi connectivity index (χ0n) is 11.8. The highest BCUT2D eigenvalue weighted by molar-refractivity contribution is 8.00. The van der Waals surface area contributed by atoms with Crippen LogP contribution in [0.25, 0.3) is 0 Å². The molecule has 2 atom stereocenters. The highest BCUT2D eigenvalue weighted by Crippen LogP contribution is 2.47. The molecular weight excluding hydrogens is 262 g/mol. The Kier molecular flexibility index (Phi) is 3.99. The Balaban J connectivity index is 2.17. The molecule has 108 valence electrons. The molecule has 0 bridgehead atoms. The average molecular weight is 285 g/mol. The van der Waals surface area contributed by atoms with Crippen molar-refractivity contribution >= 4 is 23.5 Å². The second-order valence-electron chi connectivity index (χ2n) is 6.05. The number of carbonyl (C=O) groups excluding carboxylic acids is 1. The summed E-state index contributed by atoms with van der Waals surface area (Å²) < 4.78 is 0. The number of hydrogen-bond donors (Lipinski definition) is 2. The summed E-state index contributed by atoms with van der Waals surface area (Å²) in [6.45, 7) is 7.87. The summed E-state index contributed by atoms with van der Waals surface area (Å²) in [5.74, 6) is 0.576. The highest BCUT2D eigenvalue weighted by atomic mass is 32.2. The molecule has 6 heteroatoms. The maximum absolute atomic E-state index is 12.8. The molecule has 0 aromatic rings.